The van der Waals surface area contributed by atoms with Gasteiger partial charge < -0.3 is 10.2 Å². The normalized spacial score (nSPS) is 15.7. The zero-order valence-electron chi connectivity index (χ0n) is 14.5. The Labute approximate surface area is 151 Å². The maximum atomic E-state index is 12.7. The van der Waals surface area contributed by atoms with E-state index in [-0.39, 0.29) is 17.7 Å². The number of aromatic nitrogens is 1. The molecule has 3 aromatic rings. The van der Waals surface area contributed by atoms with Crippen LogP contribution in [-0.4, -0.2) is 23.3 Å². The van der Waals surface area contributed by atoms with Crippen LogP contribution in [0.25, 0.3) is 10.9 Å². The molecule has 0 saturated heterocycles. The Hall–Kier alpha value is -3.21. The Bertz CT molecular complexity index is 994. The van der Waals surface area contributed by atoms with Gasteiger partial charge in [0.2, 0.25) is 11.8 Å². The molecule has 1 aromatic heterocycles. The number of pyridine rings is 1. The lowest BCUT2D eigenvalue weighted by Gasteiger charge is -2.15. The van der Waals surface area contributed by atoms with E-state index < -0.39 is 0 Å². The molecule has 2 aromatic carbocycles. The third-order valence-electron chi connectivity index (χ3n) is 4.79. The average molecular weight is 345 g/mol. The summed E-state index contributed by atoms with van der Waals surface area (Å²) in [6, 6.07) is 17.4. The number of fused-ring (bicyclic) bond motifs is 2. The van der Waals surface area contributed by atoms with Gasteiger partial charge in [-0.2, -0.15) is 0 Å². The highest BCUT2D eigenvalue weighted by Crippen LogP contribution is 2.38. The Morgan fingerprint density at radius 3 is 2.77 bits per heavy atom. The highest BCUT2D eigenvalue weighted by molar-refractivity contribution is 6.01. The molecule has 26 heavy (non-hydrogen) atoms. The SMILES string of the molecule is CC(=O)N1CC(CC(=O)Nc2cccc3cccnc23)c2ccccc21. The number of anilines is 2. The molecule has 1 aliphatic heterocycles. The van der Waals surface area contributed by atoms with Gasteiger partial charge in [0.25, 0.3) is 0 Å². The van der Waals surface area contributed by atoms with Gasteiger partial charge >= 0.3 is 0 Å². The first kappa shape index (κ1) is 16.3. The minimum atomic E-state index is -0.0756. The second kappa shape index (κ2) is 6.59. The Kier molecular flexibility index (Phi) is 4.13. The third-order valence-corrected chi connectivity index (χ3v) is 4.79. The molecule has 0 saturated carbocycles. The minimum absolute atomic E-state index is 0.00129. The molecule has 0 spiro atoms. The zero-order chi connectivity index (χ0) is 18.1. The van der Waals surface area contributed by atoms with E-state index in [1.165, 1.54) is 0 Å². The molecule has 5 heteroatoms. The average Bonchev–Trinajstić information content (AvgIpc) is 3.01. The molecule has 1 N–H and O–H groups in total. The van der Waals surface area contributed by atoms with Crippen molar-refractivity contribution in [1.82, 2.24) is 4.98 Å². The van der Waals surface area contributed by atoms with E-state index in [4.69, 9.17) is 0 Å². The predicted molar refractivity (Wildman–Crippen MR) is 102 cm³/mol. The first-order valence-corrected chi connectivity index (χ1v) is 8.64. The molecule has 0 aliphatic carbocycles. The highest BCUT2D eigenvalue weighted by Gasteiger charge is 2.31. The number of carbonyl (C=O) groups is 2. The van der Waals surface area contributed by atoms with Crippen molar-refractivity contribution < 1.29 is 9.59 Å². The first-order valence-electron chi connectivity index (χ1n) is 8.64. The Morgan fingerprint density at radius 1 is 1.12 bits per heavy atom. The molecule has 1 aliphatic rings. The molecule has 130 valence electrons. The second-order valence-electron chi connectivity index (χ2n) is 6.52. The van der Waals surface area contributed by atoms with Gasteiger partial charge in [0.15, 0.2) is 0 Å². The van der Waals surface area contributed by atoms with Crippen LogP contribution in [-0.2, 0) is 9.59 Å². The molecule has 0 fully saturated rings. The minimum Gasteiger partial charge on any atom is -0.324 e. The number of hydrogen-bond donors (Lipinski definition) is 1. The van der Waals surface area contributed by atoms with Crippen molar-refractivity contribution in [3.8, 4) is 0 Å². The monoisotopic (exact) mass is 345 g/mol. The molecule has 2 amide bonds. The van der Waals surface area contributed by atoms with Gasteiger partial charge in [0, 0.05) is 43.1 Å². The van der Waals surface area contributed by atoms with Crippen LogP contribution < -0.4 is 10.2 Å². The number of hydrogen-bond acceptors (Lipinski definition) is 3. The molecular formula is C21H19N3O2. The highest BCUT2D eigenvalue weighted by atomic mass is 16.2. The van der Waals surface area contributed by atoms with Crippen LogP contribution in [0.2, 0.25) is 0 Å². The van der Waals surface area contributed by atoms with Crippen LogP contribution in [0.3, 0.4) is 0 Å². The van der Waals surface area contributed by atoms with Gasteiger partial charge in [0.1, 0.15) is 0 Å². The molecule has 1 atom stereocenters. The standard InChI is InChI=1S/C21H19N3O2/c1-14(25)24-13-16(17-8-2-3-10-19(17)24)12-20(26)23-18-9-4-6-15-7-5-11-22-21(15)18/h2-11,16H,12-13H2,1H3,(H,23,26). The summed E-state index contributed by atoms with van der Waals surface area (Å²) in [5, 5.41) is 3.97. The van der Waals surface area contributed by atoms with E-state index in [1.807, 2.05) is 54.6 Å². The number of amides is 2. The van der Waals surface area contributed by atoms with E-state index in [0.717, 1.165) is 22.2 Å². The largest absolute Gasteiger partial charge is 0.324 e. The summed E-state index contributed by atoms with van der Waals surface area (Å²) in [7, 11) is 0. The van der Waals surface area contributed by atoms with Crippen LogP contribution >= 0.6 is 0 Å². The summed E-state index contributed by atoms with van der Waals surface area (Å²) in [4.78, 5) is 30.7. The van der Waals surface area contributed by atoms with Gasteiger partial charge in [-0.15, -0.1) is 0 Å². The lowest BCUT2D eigenvalue weighted by atomic mass is 9.97. The van der Waals surface area contributed by atoms with E-state index in [2.05, 4.69) is 10.3 Å². The van der Waals surface area contributed by atoms with Crippen molar-refractivity contribution in [3.63, 3.8) is 0 Å². The number of nitrogens with one attached hydrogen (secondary N) is 1. The fraction of sp³-hybridized carbons (Fsp3) is 0.190. The molecule has 2 heterocycles. The zero-order valence-corrected chi connectivity index (χ0v) is 14.5. The van der Waals surface area contributed by atoms with Crippen molar-refractivity contribution in [1.29, 1.82) is 0 Å². The third kappa shape index (κ3) is 2.92. The lowest BCUT2D eigenvalue weighted by Crippen LogP contribution is -2.28. The number of para-hydroxylation sites is 2. The quantitative estimate of drug-likeness (QED) is 0.787. The van der Waals surface area contributed by atoms with E-state index in [9.17, 15) is 9.59 Å². The topological polar surface area (TPSA) is 62.3 Å². The Balaban J connectivity index is 1.55. The van der Waals surface area contributed by atoms with Crippen LogP contribution in [0, 0.1) is 0 Å². The molecular weight excluding hydrogens is 326 g/mol. The smallest absolute Gasteiger partial charge is 0.225 e. The first-order chi connectivity index (χ1) is 12.6. The van der Waals surface area contributed by atoms with Crippen molar-refractivity contribution in [2.45, 2.75) is 19.3 Å². The number of carbonyl (C=O) groups excluding carboxylic acids is 2. The molecule has 0 bridgehead atoms. The van der Waals surface area contributed by atoms with Crippen molar-refractivity contribution >= 4 is 34.1 Å². The summed E-state index contributed by atoms with van der Waals surface area (Å²) in [5.74, 6) is -0.0787. The maximum absolute atomic E-state index is 12.7. The van der Waals surface area contributed by atoms with E-state index >= 15 is 0 Å². The van der Waals surface area contributed by atoms with Crippen LogP contribution in [0.15, 0.2) is 60.8 Å². The fourth-order valence-corrected chi connectivity index (χ4v) is 3.60. The summed E-state index contributed by atoms with van der Waals surface area (Å²) in [5.41, 5.74) is 3.45. The summed E-state index contributed by atoms with van der Waals surface area (Å²) in [6.07, 6.45) is 2.04. The number of benzene rings is 2. The number of nitrogens with zero attached hydrogens (tertiary/aromatic N) is 2. The van der Waals surface area contributed by atoms with E-state index in [1.54, 1.807) is 18.0 Å². The van der Waals surface area contributed by atoms with Crippen LogP contribution in [0.1, 0.15) is 24.8 Å². The summed E-state index contributed by atoms with van der Waals surface area (Å²) < 4.78 is 0. The van der Waals surface area contributed by atoms with Gasteiger partial charge in [-0.05, 0) is 23.8 Å². The van der Waals surface area contributed by atoms with Crippen molar-refractivity contribution in [2.75, 3.05) is 16.8 Å². The molecule has 5 nitrogen and oxygen atoms in total. The Morgan fingerprint density at radius 2 is 1.92 bits per heavy atom. The van der Waals surface area contributed by atoms with Gasteiger partial charge in [-0.3, -0.25) is 14.6 Å². The predicted octanol–water partition coefficient (Wildman–Crippen LogP) is 3.71. The van der Waals surface area contributed by atoms with E-state index in [0.29, 0.717) is 18.7 Å². The van der Waals surface area contributed by atoms with Gasteiger partial charge in [-0.25, -0.2) is 0 Å². The summed E-state index contributed by atoms with van der Waals surface area (Å²) >= 11 is 0. The molecule has 1 unspecified atom stereocenters. The van der Waals surface area contributed by atoms with Crippen LogP contribution in [0.5, 0.6) is 0 Å². The van der Waals surface area contributed by atoms with Crippen molar-refractivity contribution in [2.24, 2.45) is 0 Å². The molecule has 0 radical (unpaired) electrons. The van der Waals surface area contributed by atoms with Crippen LogP contribution in [0.4, 0.5) is 11.4 Å². The fourth-order valence-electron chi connectivity index (χ4n) is 3.60. The molecule has 4 rings (SSSR count). The van der Waals surface area contributed by atoms with Crippen molar-refractivity contribution in [3.05, 3.63) is 66.4 Å². The van der Waals surface area contributed by atoms with Gasteiger partial charge in [-0.1, -0.05) is 36.4 Å². The number of rotatable bonds is 3. The van der Waals surface area contributed by atoms with Gasteiger partial charge in [0.05, 0.1) is 11.2 Å². The second-order valence-corrected chi connectivity index (χ2v) is 6.52. The lowest BCUT2D eigenvalue weighted by molar-refractivity contribution is -0.118. The summed E-state index contributed by atoms with van der Waals surface area (Å²) in [6.45, 7) is 2.09. The maximum Gasteiger partial charge on any atom is 0.225 e.